The van der Waals surface area contributed by atoms with Gasteiger partial charge in [0.05, 0.1) is 4.47 Å². The van der Waals surface area contributed by atoms with Crippen LogP contribution in [0, 0.1) is 5.82 Å². The molecule has 0 saturated carbocycles. The Balaban J connectivity index is 2.03. The van der Waals surface area contributed by atoms with Crippen LogP contribution in [0.4, 0.5) is 4.39 Å². The van der Waals surface area contributed by atoms with Gasteiger partial charge in [-0.25, -0.2) is 4.39 Å². The van der Waals surface area contributed by atoms with Gasteiger partial charge in [-0.3, -0.25) is 0 Å². The molecule has 2 rings (SSSR count). The van der Waals surface area contributed by atoms with E-state index in [0.717, 1.165) is 25.9 Å². The fraction of sp³-hybridized carbons (Fsp3) is 0.333. The molecule has 2 aromatic carbocycles. The number of benzene rings is 2. The Labute approximate surface area is 134 Å². The van der Waals surface area contributed by atoms with Crippen LogP contribution in [0.25, 0.3) is 0 Å². The van der Waals surface area contributed by atoms with E-state index < -0.39 is 0 Å². The lowest BCUT2D eigenvalue weighted by Gasteiger charge is -2.18. The van der Waals surface area contributed by atoms with Crippen LogP contribution in [0.1, 0.15) is 30.4 Å². The van der Waals surface area contributed by atoms with E-state index >= 15 is 0 Å². The molecule has 3 heteroatoms. The van der Waals surface area contributed by atoms with Crippen LogP contribution in [-0.4, -0.2) is 13.1 Å². The van der Waals surface area contributed by atoms with Crippen molar-refractivity contribution in [3.8, 4) is 0 Å². The van der Waals surface area contributed by atoms with Gasteiger partial charge < -0.3 is 5.32 Å². The molecule has 0 radical (unpaired) electrons. The number of nitrogens with one attached hydrogen (secondary N) is 1. The third kappa shape index (κ3) is 4.94. The quantitative estimate of drug-likeness (QED) is 0.748. The maximum absolute atomic E-state index is 13.3. The second-order valence-electron chi connectivity index (χ2n) is 5.20. The number of hydrogen-bond donors (Lipinski definition) is 1. The maximum atomic E-state index is 13.3. The molecule has 0 aliphatic carbocycles. The van der Waals surface area contributed by atoms with Crippen LogP contribution in [0.3, 0.4) is 0 Å². The second-order valence-corrected chi connectivity index (χ2v) is 6.06. The number of aryl methyl sites for hydroxylation is 1. The predicted molar refractivity (Wildman–Crippen MR) is 90.1 cm³/mol. The van der Waals surface area contributed by atoms with E-state index in [1.807, 2.05) is 18.2 Å². The molecule has 112 valence electrons. The first-order valence-corrected chi connectivity index (χ1v) is 8.19. The van der Waals surface area contributed by atoms with Gasteiger partial charge in [0.25, 0.3) is 0 Å². The Morgan fingerprint density at radius 3 is 2.57 bits per heavy atom. The molecule has 0 amide bonds. The van der Waals surface area contributed by atoms with Crippen molar-refractivity contribution in [1.82, 2.24) is 5.32 Å². The number of halogens is 2. The lowest BCUT2D eigenvalue weighted by Crippen LogP contribution is -2.21. The summed E-state index contributed by atoms with van der Waals surface area (Å²) in [5.41, 5.74) is 2.53. The third-order valence-corrected chi connectivity index (χ3v) is 4.28. The molecule has 0 fully saturated rings. The highest BCUT2D eigenvalue weighted by Gasteiger charge is 2.11. The summed E-state index contributed by atoms with van der Waals surface area (Å²) in [5, 5.41) is 3.43. The molecular formula is C18H21BrFN. The molecule has 0 aromatic heterocycles. The van der Waals surface area contributed by atoms with Gasteiger partial charge in [0, 0.05) is 6.54 Å². The highest BCUT2D eigenvalue weighted by molar-refractivity contribution is 9.10. The van der Waals surface area contributed by atoms with Crippen LogP contribution in [-0.2, 0) is 6.42 Å². The van der Waals surface area contributed by atoms with Gasteiger partial charge in [-0.05, 0) is 64.5 Å². The van der Waals surface area contributed by atoms with Gasteiger partial charge in [-0.2, -0.15) is 0 Å². The summed E-state index contributed by atoms with van der Waals surface area (Å²) in [5.74, 6) is 0.279. The highest BCUT2D eigenvalue weighted by Crippen LogP contribution is 2.23. The van der Waals surface area contributed by atoms with Crippen LogP contribution in [0.15, 0.2) is 53.0 Å². The maximum Gasteiger partial charge on any atom is 0.137 e. The van der Waals surface area contributed by atoms with Crippen molar-refractivity contribution in [3.05, 3.63) is 69.9 Å². The Morgan fingerprint density at radius 1 is 1.14 bits per heavy atom. The van der Waals surface area contributed by atoms with Crippen LogP contribution < -0.4 is 5.32 Å². The summed E-state index contributed by atoms with van der Waals surface area (Å²) in [7, 11) is 0. The minimum Gasteiger partial charge on any atom is -0.316 e. The molecule has 0 aliphatic heterocycles. The van der Waals surface area contributed by atoms with Crippen molar-refractivity contribution < 1.29 is 4.39 Å². The van der Waals surface area contributed by atoms with Crippen LogP contribution >= 0.6 is 15.9 Å². The normalized spacial score (nSPS) is 12.3. The molecule has 1 unspecified atom stereocenters. The van der Waals surface area contributed by atoms with Gasteiger partial charge in [0.2, 0.25) is 0 Å². The molecule has 21 heavy (non-hydrogen) atoms. The minimum atomic E-state index is -0.203. The summed E-state index contributed by atoms with van der Waals surface area (Å²) in [6.45, 7) is 4.08. The standard InChI is InChI=1S/C18H21BrFN/c1-2-21-13-16(15-6-4-3-5-7-15)10-8-14-9-11-18(20)17(19)12-14/h3-7,9,11-12,16,21H,2,8,10,13H2,1H3. The molecule has 0 saturated heterocycles. The predicted octanol–water partition coefficient (Wildman–Crippen LogP) is 4.91. The summed E-state index contributed by atoms with van der Waals surface area (Å²) in [4.78, 5) is 0. The first-order valence-electron chi connectivity index (χ1n) is 7.40. The first-order chi connectivity index (χ1) is 10.2. The minimum absolute atomic E-state index is 0.203. The Bertz CT molecular complexity index is 556. The fourth-order valence-electron chi connectivity index (χ4n) is 2.47. The lowest BCUT2D eigenvalue weighted by atomic mass is 9.92. The van der Waals surface area contributed by atoms with Gasteiger partial charge in [0.1, 0.15) is 5.82 Å². The van der Waals surface area contributed by atoms with E-state index in [1.165, 1.54) is 17.2 Å². The van der Waals surface area contributed by atoms with Crippen molar-refractivity contribution in [2.45, 2.75) is 25.7 Å². The Morgan fingerprint density at radius 2 is 1.90 bits per heavy atom. The van der Waals surface area contributed by atoms with E-state index in [-0.39, 0.29) is 5.82 Å². The van der Waals surface area contributed by atoms with E-state index in [0.29, 0.717) is 10.4 Å². The molecule has 0 heterocycles. The molecule has 1 nitrogen and oxygen atoms in total. The zero-order valence-electron chi connectivity index (χ0n) is 12.3. The number of rotatable bonds is 7. The summed E-state index contributed by atoms with van der Waals surface area (Å²) in [6.07, 6.45) is 2.00. The highest BCUT2D eigenvalue weighted by atomic mass is 79.9. The van der Waals surface area contributed by atoms with E-state index in [4.69, 9.17) is 0 Å². The molecule has 0 aliphatic rings. The van der Waals surface area contributed by atoms with Gasteiger partial charge in [-0.15, -0.1) is 0 Å². The smallest absolute Gasteiger partial charge is 0.137 e. The first kappa shape index (κ1) is 16.2. The second kappa shape index (κ2) is 8.30. The zero-order valence-corrected chi connectivity index (χ0v) is 13.9. The van der Waals surface area contributed by atoms with E-state index in [9.17, 15) is 4.39 Å². The van der Waals surface area contributed by atoms with Gasteiger partial charge in [-0.1, -0.05) is 43.3 Å². The average Bonchev–Trinajstić information content (AvgIpc) is 2.51. The van der Waals surface area contributed by atoms with Crippen LogP contribution in [0.5, 0.6) is 0 Å². The van der Waals surface area contributed by atoms with Crippen molar-refractivity contribution in [2.75, 3.05) is 13.1 Å². The van der Waals surface area contributed by atoms with Crippen LogP contribution in [0.2, 0.25) is 0 Å². The molecule has 0 bridgehead atoms. The Hall–Kier alpha value is -1.19. The molecular weight excluding hydrogens is 329 g/mol. The molecule has 1 atom stereocenters. The summed E-state index contributed by atoms with van der Waals surface area (Å²) < 4.78 is 13.8. The number of hydrogen-bond acceptors (Lipinski definition) is 1. The summed E-state index contributed by atoms with van der Waals surface area (Å²) >= 11 is 3.25. The molecule has 2 aromatic rings. The fourth-order valence-corrected chi connectivity index (χ4v) is 2.89. The third-order valence-electron chi connectivity index (χ3n) is 3.68. The number of likely N-dealkylation sites (N-methyl/N-ethyl adjacent to an activating group) is 1. The van der Waals surface area contributed by atoms with Gasteiger partial charge >= 0.3 is 0 Å². The SMILES string of the molecule is CCNCC(CCc1ccc(F)c(Br)c1)c1ccccc1. The van der Waals surface area contributed by atoms with E-state index in [1.54, 1.807) is 0 Å². The molecule has 0 spiro atoms. The van der Waals surface area contributed by atoms with Gasteiger partial charge in [0.15, 0.2) is 0 Å². The van der Waals surface area contributed by atoms with E-state index in [2.05, 4.69) is 52.4 Å². The van der Waals surface area contributed by atoms with Crippen molar-refractivity contribution in [1.29, 1.82) is 0 Å². The Kier molecular flexibility index (Phi) is 6.40. The van der Waals surface area contributed by atoms with Crippen molar-refractivity contribution >= 4 is 15.9 Å². The zero-order chi connectivity index (χ0) is 15.1. The van der Waals surface area contributed by atoms with Crippen molar-refractivity contribution in [3.63, 3.8) is 0 Å². The average molecular weight is 350 g/mol. The topological polar surface area (TPSA) is 12.0 Å². The molecule has 1 N–H and O–H groups in total. The largest absolute Gasteiger partial charge is 0.316 e. The lowest BCUT2D eigenvalue weighted by molar-refractivity contribution is 0.561. The summed E-state index contributed by atoms with van der Waals surface area (Å²) in [6, 6.07) is 15.9. The monoisotopic (exact) mass is 349 g/mol. The van der Waals surface area contributed by atoms with Crippen molar-refractivity contribution in [2.24, 2.45) is 0 Å².